The summed E-state index contributed by atoms with van der Waals surface area (Å²) in [7, 11) is 0. The molecule has 0 saturated heterocycles. The van der Waals surface area contributed by atoms with Crippen LogP contribution in [0.2, 0.25) is 0 Å². The molecule has 0 aliphatic carbocycles. The first kappa shape index (κ1) is 6.70. The fraction of sp³-hybridized carbons (Fsp3) is 0.200. The Morgan fingerprint density at radius 2 is 2.62 bits per heavy atom. The van der Waals surface area contributed by atoms with Crippen molar-refractivity contribution in [3.05, 3.63) is 12.8 Å². The number of nitrogens with one attached hydrogen (secondary N) is 1. The Morgan fingerprint density at radius 3 is 3.00 bits per heavy atom. The van der Waals surface area contributed by atoms with Gasteiger partial charge in [-0.2, -0.15) is 5.26 Å². The fourth-order valence-corrected chi connectivity index (χ4v) is 0.237. The van der Waals surface area contributed by atoms with Crippen molar-refractivity contribution in [3.63, 3.8) is 0 Å². The van der Waals surface area contributed by atoms with Gasteiger partial charge in [0.15, 0.2) is 0 Å². The third kappa shape index (κ3) is 2.91. The molecule has 0 aromatic carbocycles. The van der Waals surface area contributed by atoms with E-state index in [9.17, 15) is 4.79 Å². The molecule has 0 unspecified atom stereocenters. The maximum Gasteiger partial charge on any atom is 0.238 e. The Hall–Kier alpha value is -1.30. The van der Waals surface area contributed by atoms with Crippen molar-refractivity contribution in [3.8, 4) is 6.07 Å². The normalized spacial score (nSPS) is 6.88. The summed E-state index contributed by atoms with van der Waals surface area (Å²) in [5, 5.41) is 10.2. The van der Waals surface area contributed by atoms with Gasteiger partial charge in [0, 0.05) is 0 Å². The van der Waals surface area contributed by atoms with E-state index >= 15 is 0 Å². The first-order chi connectivity index (χ1) is 3.81. The van der Waals surface area contributed by atoms with E-state index in [2.05, 4.69) is 11.9 Å². The summed E-state index contributed by atoms with van der Waals surface area (Å²) in [4.78, 5) is 10.2. The maximum atomic E-state index is 10.2. The number of carbonyl (C=O) groups is 1. The third-order valence-electron chi connectivity index (χ3n) is 0.503. The molecule has 0 aromatic rings. The quantitative estimate of drug-likeness (QED) is 0.550. The maximum absolute atomic E-state index is 10.2. The van der Waals surface area contributed by atoms with Crippen LogP contribution in [0.5, 0.6) is 0 Å². The number of carbonyl (C=O) groups excluding carboxylic acids is 1. The first-order valence-corrected chi connectivity index (χ1v) is 2.08. The Balaban J connectivity index is 3.36. The highest BCUT2D eigenvalue weighted by molar-refractivity contribution is 5.78. The van der Waals surface area contributed by atoms with Crippen LogP contribution in [0, 0.1) is 11.3 Å². The molecule has 0 saturated carbocycles. The molecule has 0 atom stereocenters. The molecule has 0 spiro atoms. The van der Waals surface area contributed by atoms with E-state index in [0.717, 1.165) is 0 Å². The van der Waals surface area contributed by atoms with Crippen molar-refractivity contribution < 1.29 is 4.79 Å². The lowest BCUT2D eigenvalue weighted by atomic mass is 10.4. The molecule has 0 radical (unpaired) electrons. The highest BCUT2D eigenvalue weighted by atomic mass is 16.1. The van der Waals surface area contributed by atoms with Crippen LogP contribution in [0.25, 0.3) is 0 Å². The van der Waals surface area contributed by atoms with Gasteiger partial charge in [-0.1, -0.05) is 6.58 Å². The fourth-order valence-electron chi connectivity index (χ4n) is 0.237. The number of hydrogen-bond acceptors (Lipinski definition) is 2. The number of rotatable bonds is 2. The smallest absolute Gasteiger partial charge is 0.238 e. The van der Waals surface area contributed by atoms with Crippen molar-refractivity contribution in [2.24, 2.45) is 0 Å². The minimum atomic E-state index is -0.317. The molecule has 0 bridgehead atoms. The SMILES string of the molecule is C=CNC(=O)CC#N. The number of hydrogen-bond donors (Lipinski definition) is 1. The van der Waals surface area contributed by atoms with Crippen LogP contribution in [-0.4, -0.2) is 5.91 Å². The van der Waals surface area contributed by atoms with Crippen LogP contribution in [0.4, 0.5) is 0 Å². The molecule has 0 rings (SSSR count). The lowest BCUT2D eigenvalue weighted by Crippen LogP contribution is -2.14. The molecule has 0 heterocycles. The molecule has 42 valence electrons. The van der Waals surface area contributed by atoms with E-state index in [-0.39, 0.29) is 12.3 Å². The van der Waals surface area contributed by atoms with E-state index in [0.29, 0.717) is 0 Å². The largest absolute Gasteiger partial charge is 0.332 e. The van der Waals surface area contributed by atoms with Gasteiger partial charge in [-0.05, 0) is 6.20 Å². The number of amides is 1. The lowest BCUT2D eigenvalue weighted by molar-refractivity contribution is -0.119. The van der Waals surface area contributed by atoms with E-state index in [4.69, 9.17) is 5.26 Å². The molecule has 3 nitrogen and oxygen atoms in total. The van der Waals surface area contributed by atoms with Crippen LogP contribution in [0.1, 0.15) is 6.42 Å². The minimum Gasteiger partial charge on any atom is -0.332 e. The van der Waals surface area contributed by atoms with Gasteiger partial charge >= 0.3 is 0 Å². The molecule has 8 heavy (non-hydrogen) atoms. The molecule has 0 fully saturated rings. The second kappa shape index (κ2) is 3.88. The van der Waals surface area contributed by atoms with Crippen LogP contribution in [-0.2, 0) is 4.79 Å². The Kier molecular flexibility index (Phi) is 3.25. The van der Waals surface area contributed by atoms with Crippen molar-refractivity contribution >= 4 is 5.91 Å². The van der Waals surface area contributed by atoms with Crippen LogP contribution < -0.4 is 5.32 Å². The summed E-state index contributed by atoms with van der Waals surface area (Å²) in [6, 6.07) is 1.69. The summed E-state index contributed by atoms with van der Waals surface area (Å²) < 4.78 is 0. The molecular formula is C5H6N2O. The predicted octanol–water partition coefficient (Wildman–Crippen LogP) is 0.160. The molecule has 3 heteroatoms. The molecule has 0 aliphatic rings. The van der Waals surface area contributed by atoms with Crippen molar-refractivity contribution in [1.82, 2.24) is 5.32 Å². The van der Waals surface area contributed by atoms with Crippen molar-refractivity contribution in [1.29, 1.82) is 5.26 Å². The average Bonchev–Trinajstić information content (AvgIpc) is 1.68. The molecule has 1 amide bonds. The number of nitrogens with zero attached hydrogens (tertiary/aromatic N) is 1. The standard InChI is InChI=1S/C5H6N2O/c1-2-7-5(8)3-4-6/h2H,1,3H2,(H,7,8). The Morgan fingerprint density at radius 1 is 2.00 bits per heavy atom. The molecule has 0 aliphatic heterocycles. The van der Waals surface area contributed by atoms with Gasteiger partial charge < -0.3 is 5.32 Å². The van der Waals surface area contributed by atoms with E-state index in [1.54, 1.807) is 6.07 Å². The molecule has 0 aromatic heterocycles. The van der Waals surface area contributed by atoms with Gasteiger partial charge in [-0.15, -0.1) is 0 Å². The van der Waals surface area contributed by atoms with Crippen LogP contribution >= 0.6 is 0 Å². The lowest BCUT2D eigenvalue weighted by Gasteiger charge is -1.87. The van der Waals surface area contributed by atoms with E-state index in [1.165, 1.54) is 6.20 Å². The van der Waals surface area contributed by atoms with Crippen molar-refractivity contribution in [2.75, 3.05) is 0 Å². The summed E-state index contributed by atoms with van der Waals surface area (Å²) in [6.07, 6.45) is 1.14. The van der Waals surface area contributed by atoms with Crippen LogP contribution in [0.15, 0.2) is 12.8 Å². The van der Waals surface area contributed by atoms with Gasteiger partial charge in [-0.25, -0.2) is 0 Å². The van der Waals surface area contributed by atoms with Gasteiger partial charge in [0.1, 0.15) is 6.42 Å². The van der Waals surface area contributed by atoms with Crippen LogP contribution in [0.3, 0.4) is 0 Å². The first-order valence-electron chi connectivity index (χ1n) is 2.08. The molecule has 1 N–H and O–H groups in total. The van der Waals surface area contributed by atoms with Gasteiger partial charge in [-0.3, -0.25) is 4.79 Å². The zero-order valence-corrected chi connectivity index (χ0v) is 4.35. The highest BCUT2D eigenvalue weighted by Gasteiger charge is 1.91. The summed E-state index contributed by atoms with van der Waals surface area (Å²) in [6.45, 7) is 3.24. The topological polar surface area (TPSA) is 52.9 Å². The Bertz CT molecular complexity index is 134. The van der Waals surface area contributed by atoms with E-state index in [1.807, 2.05) is 0 Å². The Labute approximate surface area is 47.6 Å². The monoisotopic (exact) mass is 110 g/mol. The zero-order valence-electron chi connectivity index (χ0n) is 4.35. The summed E-state index contributed by atoms with van der Waals surface area (Å²) >= 11 is 0. The third-order valence-corrected chi connectivity index (χ3v) is 0.503. The predicted molar refractivity (Wildman–Crippen MR) is 28.6 cm³/mol. The highest BCUT2D eigenvalue weighted by Crippen LogP contribution is 1.72. The second-order valence-corrected chi connectivity index (χ2v) is 1.11. The average molecular weight is 110 g/mol. The van der Waals surface area contributed by atoms with Crippen molar-refractivity contribution in [2.45, 2.75) is 6.42 Å². The minimum absolute atomic E-state index is 0.105. The zero-order chi connectivity index (χ0) is 6.41. The molecular weight excluding hydrogens is 104 g/mol. The van der Waals surface area contributed by atoms with E-state index < -0.39 is 0 Å². The number of nitriles is 1. The second-order valence-electron chi connectivity index (χ2n) is 1.11. The van der Waals surface area contributed by atoms with Gasteiger partial charge in [0.05, 0.1) is 6.07 Å². The van der Waals surface area contributed by atoms with Gasteiger partial charge in [0.2, 0.25) is 5.91 Å². The van der Waals surface area contributed by atoms with Gasteiger partial charge in [0.25, 0.3) is 0 Å². The summed E-state index contributed by atoms with van der Waals surface area (Å²) in [5.74, 6) is -0.317. The summed E-state index contributed by atoms with van der Waals surface area (Å²) in [5.41, 5.74) is 0.